The summed E-state index contributed by atoms with van der Waals surface area (Å²) in [5, 5.41) is 3.57. The second-order valence-electron chi connectivity index (χ2n) is 4.26. The topological polar surface area (TPSA) is 64.3 Å². The van der Waals surface area contributed by atoms with E-state index in [9.17, 15) is 4.79 Å². The molecule has 0 saturated carbocycles. The lowest BCUT2D eigenvalue weighted by atomic mass is 10.1. The molecule has 3 N–H and O–H groups in total. The van der Waals surface area contributed by atoms with Crippen molar-refractivity contribution in [2.75, 3.05) is 12.4 Å². The summed E-state index contributed by atoms with van der Waals surface area (Å²) >= 11 is 5.90. The fourth-order valence-electron chi connectivity index (χ4n) is 1.77. The zero-order valence-corrected chi connectivity index (χ0v) is 11.8. The average molecular weight is 291 g/mol. The number of benzene rings is 2. The molecule has 0 fully saturated rings. The molecule has 1 amide bonds. The molecule has 0 saturated heterocycles. The summed E-state index contributed by atoms with van der Waals surface area (Å²) in [7, 11) is 1.63. The van der Waals surface area contributed by atoms with E-state index in [2.05, 4.69) is 5.32 Å². The van der Waals surface area contributed by atoms with Crippen LogP contribution in [0.1, 0.15) is 15.9 Å². The van der Waals surface area contributed by atoms with E-state index in [-0.39, 0.29) is 0 Å². The van der Waals surface area contributed by atoms with Gasteiger partial charge >= 0.3 is 0 Å². The smallest absolute Gasteiger partial charge is 0.250 e. The van der Waals surface area contributed by atoms with E-state index in [4.69, 9.17) is 22.1 Å². The van der Waals surface area contributed by atoms with Gasteiger partial charge in [0.15, 0.2) is 0 Å². The fraction of sp³-hybridized carbons (Fsp3) is 0.133. The largest absolute Gasteiger partial charge is 0.497 e. The van der Waals surface area contributed by atoms with Crippen molar-refractivity contribution in [3.63, 3.8) is 0 Å². The number of hydrogen-bond acceptors (Lipinski definition) is 3. The van der Waals surface area contributed by atoms with E-state index < -0.39 is 5.91 Å². The van der Waals surface area contributed by atoms with Crippen molar-refractivity contribution in [3.05, 3.63) is 58.6 Å². The molecule has 0 bridgehead atoms. The Kier molecular flexibility index (Phi) is 4.48. The minimum absolute atomic E-state index is 0.311. The minimum Gasteiger partial charge on any atom is -0.497 e. The van der Waals surface area contributed by atoms with E-state index in [1.165, 1.54) is 0 Å². The van der Waals surface area contributed by atoms with Crippen LogP contribution >= 0.6 is 11.6 Å². The van der Waals surface area contributed by atoms with Gasteiger partial charge in [0.05, 0.1) is 17.7 Å². The molecular formula is C15H15ClN2O2. The molecule has 0 heterocycles. The number of halogens is 1. The van der Waals surface area contributed by atoms with Crippen LogP contribution in [-0.4, -0.2) is 13.0 Å². The van der Waals surface area contributed by atoms with Crippen molar-refractivity contribution >= 4 is 23.2 Å². The number of methoxy groups -OCH3 is 1. The van der Waals surface area contributed by atoms with Gasteiger partial charge in [-0.15, -0.1) is 0 Å². The Morgan fingerprint density at radius 2 is 1.95 bits per heavy atom. The number of carbonyl (C=O) groups is 1. The number of rotatable bonds is 5. The van der Waals surface area contributed by atoms with Crippen LogP contribution in [0.15, 0.2) is 42.5 Å². The molecule has 2 aromatic rings. The lowest BCUT2D eigenvalue weighted by Crippen LogP contribution is -2.12. The Morgan fingerprint density at radius 1 is 1.25 bits per heavy atom. The number of carbonyl (C=O) groups excluding carboxylic acids is 1. The van der Waals surface area contributed by atoms with Crippen molar-refractivity contribution in [1.29, 1.82) is 0 Å². The first kappa shape index (κ1) is 14.2. The van der Waals surface area contributed by atoms with Crippen molar-refractivity contribution in [2.24, 2.45) is 5.73 Å². The molecule has 20 heavy (non-hydrogen) atoms. The number of amides is 1. The van der Waals surface area contributed by atoms with E-state index in [0.29, 0.717) is 17.1 Å². The standard InChI is InChI=1S/C15H15ClN2O2/c1-20-12-5-2-10(3-6-12)9-18-11-4-7-14(16)13(8-11)15(17)19/h2-8,18H,9H2,1H3,(H2,17,19). The molecule has 5 heteroatoms. The molecule has 0 aliphatic rings. The highest BCUT2D eigenvalue weighted by atomic mass is 35.5. The maximum Gasteiger partial charge on any atom is 0.250 e. The van der Waals surface area contributed by atoms with Gasteiger partial charge in [-0.2, -0.15) is 0 Å². The highest BCUT2D eigenvalue weighted by molar-refractivity contribution is 6.33. The number of nitrogens with two attached hydrogens (primary N) is 1. The zero-order valence-electron chi connectivity index (χ0n) is 11.0. The number of nitrogens with one attached hydrogen (secondary N) is 1. The maximum absolute atomic E-state index is 11.2. The van der Waals surface area contributed by atoms with Gasteiger partial charge in [-0.25, -0.2) is 0 Å². The highest BCUT2D eigenvalue weighted by Gasteiger charge is 2.07. The second kappa shape index (κ2) is 6.30. The van der Waals surface area contributed by atoms with Crippen LogP contribution in [0.25, 0.3) is 0 Å². The van der Waals surface area contributed by atoms with E-state index in [1.807, 2.05) is 24.3 Å². The van der Waals surface area contributed by atoms with Crippen LogP contribution in [-0.2, 0) is 6.54 Å². The number of anilines is 1. The van der Waals surface area contributed by atoms with Crippen molar-refractivity contribution in [1.82, 2.24) is 0 Å². The van der Waals surface area contributed by atoms with E-state index in [0.717, 1.165) is 17.0 Å². The van der Waals surface area contributed by atoms with Crippen LogP contribution in [0, 0.1) is 0 Å². The van der Waals surface area contributed by atoms with Gasteiger partial charge in [-0.05, 0) is 35.9 Å². The molecule has 4 nitrogen and oxygen atoms in total. The maximum atomic E-state index is 11.2. The van der Waals surface area contributed by atoms with Gasteiger partial charge in [-0.3, -0.25) is 4.79 Å². The summed E-state index contributed by atoms with van der Waals surface area (Å²) in [6.07, 6.45) is 0. The fourth-order valence-corrected chi connectivity index (χ4v) is 1.98. The predicted octanol–water partition coefficient (Wildman–Crippen LogP) is 3.06. The molecule has 0 spiro atoms. The van der Waals surface area contributed by atoms with Crippen molar-refractivity contribution in [2.45, 2.75) is 6.54 Å². The first-order chi connectivity index (χ1) is 9.60. The Morgan fingerprint density at radius 3 is 2.55 bits per heavy atom. The normalized spacial score (nSPS) is 10.1. The summed E-state index contributed by atoms with van der Waals surface area (Å²) in [4.78, 5) is 11.2. The monoisotopic (exact) mass is 290 g/mol. The molecule has 0 aliphatic carbocycles. The SMILES string of the molecule is COc1ccc(CNc2ccc(Cl)c(C(N)=O)c2)cc1. The molecule has 2 aromatic carbocycles. The Balaban J connectivity index is 2.06. The third-order valence-corrected chi connectivity index (χ3v) is 3.22. The second-order valence-corrected chi connectivity index (χ2v) is 4.67. The average Bonchev–Trinajstić information content (AvgIpc) is 2.46. The summed E-state index contributed by atoms with van der Waals surface area (Å²) < 4.78 is 5.10. The van der Waals surface area contributed by atoms with Gasteiger partial charge in [0, 0.05) is 12.2 Å². The molecule has 0 aliphatic heterocycles. The molecule has 0 atom stereocenters. The quantitative estimate of drug-likeness (QED) is 0.889. The molecule has 2 rings (SSSR count). The predicted molar refractivity (Wildman–Crippen MR) is 80.3 cm³/mol. The zero-order chi connectivity index (χ0) is 14.5. The van der Waals surface area contributed by atoms with Crippen molar-refractivity contribution < 1.29 is 9.53 Å². The summed E-state index contributed by atoms with van der Waals surface area (Å²) in [5.41, 5.74) is 7.46. The molecule has 104 valence electrons. The van der Waals surface area contributed by atoms with Crippen LogP contribution in [0.5, 0.6) is 5.75 Å². The Bertz CT molecular complexity index is 612. The minimum atomic E-state index is -0.539. The van der Waals surface area contributed by atoms with Gasteiger partial charge in [0.25, 0.3) is 0 Å². The third kappa shape index (κ3) is 3.42. The van der Waals surface area contributed by atoms with Crippen LogP contribution in [0.2, 0.25) is 5.02 Å². The number of primary amides is 1. The van der Waals surface area contributed by atoms with Gasteiger partial charge in [0.1, 0.15) is 5.75 Å². The third-order valence-electron chi connectivity index (χ3n) is 2.89. The van der Waals surface area contributed by atoms with Crippen LogP contribution in [0.4, 0.5) is 5.69 Å². The first-order valence-corrected chi connectivity index (χ1v) is 6.44. The van der Waals surface area contributed by atoms with Gasteiger partial charge < -0.3 is 15.8 Å². The lowest BCUT2D eigenvalue weighted by Gasteiger charge is -2.09. The highest BCUT2D eigenvalue weighted by Crippen LogP contribution is 2.21. The van der Waals surface area contributed by atoms with Crippen LogP contribution in [0.3, 0.4) is 0 Å². The number of hydrogen-bond donors (Lipinski definition) is 2. The van der Waals surface area contributed by atoms with Gasteiger partial charge in [-0.1, -0.05) is 23.7 Å². The summed E-state index contributed by atoms with van der Waals surface area (Å²) in [6.45, 7) is 0.629. The molecule has 0 radical (unpaired) electrons. The Hall–Kier alpha value is -2.20. The molecular weight excluding hydrogens is 276 g/mol. The lowest BCUT2D eigenvalue weighted by molar-refractivity contribution is 0.100. The summed E-state index contributed by atoms with van der Waals surface area (Å²) in [6, 6.07) is 12.8. The summed E-state index contributed by atoms with van der Waals surface area (Å²) in [5.74, 6) is 0.277. The van der Waals surface area contributed by atoms with E-state index >= 15 is 0 Å². The Labute approximate surface area is 122 Å². The number of ether oxygens (including phenoxy) is 1. The molecule has 0 aromatic heterocycles. The first-order valence-electron chi connectivity index (χ1n) is 6.06. The van der Waals surface area contributed by atoms with Crippen molar-refractivity contribution in [3.8, 4) is 5.75 Å². The van der Waals surface area contributed by atoms with Crippen LogP contribution < -0.4 is 15.8 Å². The van der Waals surface area contributed by atoms with Gasteiger partial charge in [0.2, 0.25) is 5.91 Å². The molecule has 0 unspecified atom stereocenters. The van der Waals surface area contributed by atoms with E-state index in [1.54, 1.807) is 25.3 Å².